The van der Waals surface area contributed by atoms with E-state index in [0.717, 1.165) is 29.5 Å². The number of rotatable bonds is 9. The van der Waals surface area contributed by atoms with Crippen LogP contribution in [0, 0.1) is 0 Å². The Balaban J connectivity index is 1.36. The minimum absolute atomic E-state index is 0.0411. The summed E-state index contributed by atoms with van der Waals surface area (Å²) in [6.07, 6.45) is -3.54. The SMILES string of the molecule is CC(=O)c1ccc(N=Nc2c(O)ccc3cc(CO/N=C/ONc4cccc(C(F)(F)F)c4)ccc23)cc1. The number of nitrogens with zero attached hydrogens (tertiary/aromatic N) is 3. The van der Waals surface area contributed by atoms with Crippen molar-refractivity contribution in [3.63, 3.8) is 0 Å². The molecule has 0 saturated heterocycles. The number of aromatic hydroxyl groups is 1. The number of phenols is 1. The van der Waals surface area contributed by atoms with Gasteiger partial charge in [-0.1, -0.05) is 29.4 Å². The Bertz CT molecular complexity index is 1500. The van der Waals surface area contributed by atoms with Gasteiger partial charge in [0.15, 0.2) is 5.78 Å². The van der Waals surface area contributed by atoms with E-state index < -0.39 is 11.7 Å². The second kappa shape index (κ2) is 11.4. The molecule has 4 aromatic carbocycles. The molecule has 0 bridgehead atoms. The van der Waals surface area contributed by atoms with Crippen molar-refractivity contribution in [2.75, 3.05) is 5.48 Å². The van der Waals surface area contributed by atoms with Crippen LogP contribution in [0.1, 0.15) is 28.4 Å². The summed E-state index contributed by atoms with van der Waals surface area (Å²) in [6, 6.07) is 19.7. The number of hydrogen-bond donors (Lipinski definition) is 2. The predicted octanol–water partition coefficient (Wildman–Crippen LogP) is 7.69. The number of phenolic OH excluding ortho intramolecular Hbond substituents is 1. The Morgan fingerprint density at radius 1 is 1.00 bits per heavy atom. The third kappa shape index (κ3) is 6.64. The first kappa shape index (κ1) is 26.1. The molecule has 0 aliphatic carbocycles. The average molecular weight is 522 g/mol. The molecule has 0 aliphatic rings. The highest BCUT2D eigenvalue weighted by Crippen LogP contribution is 2.36. The molecule has 0 spiro atoms. The number of Topliss-reactive ketones (excluding diaryl/α,β-unsaturated/α-hetero) is 1. The lowest BCUT2D eigenvalue weighted by molar-refractivity contribution is -0.137. The Morgan fingerprint density at radius 2 is 1.79 bits per heavy atom. The Hall–Kier alpha value is -4.93. The summed E-state index contributed by atoms with van der Waals surface area (Å²) in [6.45, 7) is 1.56. The van der Waals surface area contributed by atoms with Crippen molar-refractivity contribution in [2.45, 2.75) is 19.7 Å². The minimum Gasteiger partial charge on any atom is -0.506 e. The molecule has 0 heterocycles. The van der Waals surface area contributed by atoms with E-state index in [2.05, 4.69) is 20.9 Å². The predicted molar refractivity (Wildman–Crippen MR) is 136 cm³/mol. The maximum atomic E-state index is 12.8. The lowest BCUT2D eigenvalue weighted by Gasteiger charge is -2.09. The summed E-state index contributed by atoms with van der Waals surface area (Å²) in [5, 5.41) is 23.7. The quantitative estimate of drug-likeness (QED) is 0.0771. The topological polar surface area (TPSA) is 105 Å². The van der Waals surface area contributed by atoms with Crippen LogP contribution in [0.5, 0.6) is 5.75 Å². The van der Waals surface area contributed by atoms with Crippen molar-refractivity contribution in [3.05, 3.63) is 95.6 Å². The van der Waals surface area contributed by atoms with Gasteiger partial charge >= 0.3 is 6.18 Å². The van der Waals surface area contributed by atoms with Gasteiger partial charge in [0.1, 0.15) is 18.0 Å². The highest BCUT2D eigenvalue weighted by Gasteiger charge is 2.30. The third-order valence-corrected chi connectivity index (χ3v) is 5.34. The molecular formula is C27H21F3N4O4. The molecule has 4 rings (SSSR count). The van der Waals surface area contributed by atoms with E-state index in [1.54, 1.807) is 42.5 Å². The smallest absolute Gasteiger partial charge is 0.416 e. The molecule has 38 heavy (non-hydrogen) atoms. The molecule has 8 nitrogen and oxygen atoms in total. The number of oxime groups is 1. The number of ketones is 1. The largest absolute Gasteiger partial charge is 0.506 e. The standard InChI is InChI=1S/C27H21F3N4O4/c1-17(35)19-6-9-22(10-7-19)32-33-26-24-11-5-18(13-20(24)8-12-25(26)36)15-37-31-16-38-34-23-4-2-3-21(14-23)27(28,29)30/h2-14,16,34,36H,15H2,1H3/b31-16+,33-32?. The maximum absolute atomic E-state index is 12.8. The van der Waals surface area contributed by atoms with Gasteiger partial charge in [-0.2, -0.15) is 18.3 Å². The molecule has 0 aliphatic heterocycles. The first-order valence-corrected chi connectivity index (χ1v) is 11.2. The van der Waals surface area contributed by atoms with Crippen LogP contribution >= 0.6 is 0 Å². The number of anilines is 1. The number of hydrogen-bond acceptors (Lipinski definition) is 8. The molecular weight excluding hydrogens is 501 g/mol. The number of carbonyl (C=O) groups is 1. The number of benzene rings is 4. The van der Waals surface area contributed by atoms with Gasteiger partial charge in [-0.25, -0.2) is 5.48 Å². The summed E-state index contributed by atoms with van der Waals surface area (Å²) in [7, 11) is 0. The lowest BCUT2D eigenvalue weighted by Crippen LogP contribution is -2.06. The zero-order valence-corrected chi connectivity index (χ0v) is 19.9. The van der Waals surface area contributed by atoms with E-state index in [9.17, 15) is 23.1 Å². The van der Waals surface area contributed by atoms with E-state index in [0.29, 0.717) is 16.6 Å². The van der Waals surface area contributed by atoms with E-state index in [1.807, 2.05) is 6.07 Å². The number of azo groups is 1. The summed E-state index contributed by atoms with van der Waals surface area (Å²) in [4.78, 5) is 21.5. The first-order chi connectivity index (χ1) is 18.2. The molecule has 0 amide bonds. The van der Waals surface area contributed by atoms with Crippen LogP contribution in [-0.4, -0.2) is 17.3 Å². The van der Waals surface area contributed by atoms with Gasteiger partial charge in [0.25, 0.3) is 0 Å². The molecule has 194 valence electrons. The minimum atomic E-state index is -4.46. The van der Waals surface area contributed by atoms with Gasteiger partial charge in [0.05, 0.1) is 16.9 Å². The molecule has 0 aromatic heterocycles. The molecule has 4 aromatic rings. The van der Waals surface area contributed by atoms with Crippen LogP contribution < -0.4 is 5.48 Å². The number of fused-ring (bicyclic) bond motifs is 1. The summed E-state index contributed by atoms with van der Waals surface area (Å²) >= 11 is 0. The fourth-order valence-electron chi connectivity index (χ4n) is 3.43. The Kier molecular flexibility index (Phi) is 7.86. The average Bonchev–Trinajstić information content (AvgIpc) is 2.90. The van der Waals surface area contributed by atoms with Crippen LogP contribution in [-0.2, 0) is 22.5 Å². The number of nitrogens with one attached hydrogen (secondary N) is 1. The zero-order valence-electron chi connectivity index (χ0n) is 19.9. The Morgan fingerprint density at radius 3 is 2.53 bits per heavy atom. The summed E-state index contributed by atoms with van der Waals surface area (Å²) < 4.78 is 38.3. The van der Waals surface area contributed by atoms with Gasteiger partial charge in [-0.05, 0) is 72.5 Å². The molecule has 11 heteroatoms. The molecule has 0 atom stereocenters. The van der Waals surface area contributed by atoms with Gasteiger partial charge in [-0.15, -0.1) is 5.11 Å². The van der Waals surface area contributed by atoms with Gasteiger partial charge in [0.2, 0.25) is 6.40 Å². The molecule has 0 fully saturated rings. The highest BCUT2D eigenvalue weighted by molar-refractivity contribution is 5.96. The number of halogens is 3. The highest BCUT2D eigenvalue weighted by atomic mass is 19.4. The number of carbonyl (C=O) groups excluding carboxylic acids is 1. The van der Waals surface area contributed by atoms with Gasteiger partial charge < -0.3 is 14.8 Å². The summed E-state index contributed by atoms with van der Waals surface area (Å²) in [5.41, 5.74) is 3.77. The first-order valence-electron chi connectivity index (χ1n) is 11.2. The normalized spacial score (nSPS) is 11.8. The fourth-order valence-corrected chi connectivity index (χ4v) is 3.43. The van der Waals surface area contributed by atoms with Gasteiger partial charge in [-0.3, -0.25) is 4.79 Å². The second-order valence-electron chi connectivity index (χ2n) is 8.07. The van der Waals surface area contributed by atoms with Gasteiger partial charge in [0, 0.05) is 10.9 Å². The van der Waals surface area contributed by atoms with Crippen molar-refractivity contribution in [3.8, 4) is 5.75 Å². The van der Waals surface area contributed by atoms with E-state index in [1.165, 1.54) is 25.1 Å². The molecule has 2 N–H and O–H groups in total. The molecule has 0 saturated carbocycles. The van der Waals surface area contributed by atoms with Crippen LogP contribution in [0.4, 0.5) is 30.2 Å². The van der Waals surface area contributed by atoms with Crippen molar-refractivity contribution in [2.24, 2.45) is 15.4 Å². The Labute approximate surface area is 215 Å². The molecule has 0 unspecified atom stereocenters. The van der Waals surface area contributed by atoms with Crippen LogP contribution in [0.3, 0.4) is 0 Å². The maximum Gasteiger partial charge on any atom is 0.416 e. The van der Waals surface area contributed by atoms with E-state index in [4.69, 9.17) is 9.68 Å². The van der Waals surface area contributed by atoms with Crippen molar-refractivity contribution in [1.29, 1.82) is 0 Å². The molecule has 0 radical (unpaired) electrons. The van der Waals surface area contributed by atoms with Crippen LogP contribution in [0.25, 0.3) is 10.8 Å². The zero-order chi connectivity index (χ0) is 27.1. The van der Waals surface area contributed by atoms with E-state index in [-0.39, 0.29) is 29.5 Å². The van der Waals surface area contributed by atoms with Crippen LogP contribution in [0.2, 0.25) is 0 Å². The van der Waals surface area contributed by atoms with Crippen molar-refractivity contribution >= 4 is 40.0 Å². The van der Waals surface area contributed by atoms with Crippen molar-refractivity contribution < 1.29 is 32.7 Å². The summed E-state index contributed by atoms with van der Waals surface area (Å²) in [5.74, 6) is -0.0920. The number of alkyl halides is 3. The lowest BCUT2D eigenvalue weighted by atomic mass is 10.1. The van der Waals surface area contributed by atoms with E-state index >= 15 is 0 Å². The van der Waals surface area contributed by atoms with Crippen LogP contribution in [0.15, 0.2) is 94.2 Å². The second-order valence-corrected chi connectivity index (χ2v) is 8.07. The third-order valence-electron chi connectivity index (χ3n) is 5.34. The van der Waals surface area contributed by atoms with Crippen molar-refractivity contribution in [1.82, 2.24) is 0 Å². The monoisotopic (exact) mass is 522 g/mol. The fraction of sp³-hybridized carbons (Fsp3) is 0.111.